The van der Waals surface area contributed by atoms with Crippen molar-refractivity contribution >= 4 is 22.9 Å². The maximum atomic E-state index is 5.94. The van der Waals surface area contributed by atoms with Crippen LogP contribution in [0.2, 0.25) is 5.02 Å². The predicted molar refractivity (Wildman–Crippen MR) is 115 cm³/mol. The van der Waals surface area contributed by atoms with Crippen LogP contribution < -0.4 is 4.74 Å². The number of ether oxygens (including phenoxy) is 1. The van der Waals surface area contributed by atoms with Crippen molar-refractivity contribution in [2.24, 2.45) is 0 Å². The van der Waals surface area contributed by atoms with Crippen LogP contribution in [0.3, 0.4) is 0 Å². The van der Waals surface area contributed by atoms with E-state index in [4.69, 9.17) is 16.3 Å². The highest BCUT2D eigenvalue weighted by molar-refractivity contribution is 7.17. The molecule has 2 aromatic carbocycles. The number of hydrogen-bond acceptors (Lipinski definition) is 4. The van der Waals surface area contributed by atoms with Crippen molar-refractivity contribution in [3.05, 3.63) is 53.6 Å². The van der Waals surface area contributed by atoms with E-state index in [0.717, 1.165) is 44.9 Å². The topological polar surface area (TPSA) is 35.0 Å². The summed E-state index contributed by atoms with van der Waals surface area (Å²) in [6, 6.07) is 15.8. The molecule has 1 aromatic heterocycles. The largest absolute Gasteiger partial charge is 0.494 e. The van der Waals surface area contributed by atoms with E-state index in [-0.39, 0.29) is 0 Å². The van der Waals surface area contributed by atoms with Gasteiger partial charge >= 0.3 is 0 Å². The zero-order valence-electron chi connectivity index (χ0n) is 15.7. The van der Waals surface area contributed by atoms with Crippen LogP contribution in [0.15, 0.2) is 48.5 Å². The maximum absolute atomic E-state index is 5.94. The van der Waals surface area contributed by atoms with Crippen LogP contribution in [-0.2, 0) is 0 Å². The monoisotopic (exact) mass is 400 g/mol. The van der Waals surface area contributed by atoms with Gasteiger partial charge in [0.25, 0.3) is 0 Å². The Bertz CT molecular complexity index is 815. The van der Waals surface area contributed by atoms with Crippen molar-refractivity contribution in [2.45, 2.75) is 45.4 Å². The molecule has 27 heavy (non-hydrogen) atoms. The van der Waals surface area contributed by atoms with Crippen LogP contribution in [0.1, 0.15) is 45.4 Å². The number of nitrogens with zero attached hydrogens (tertiary/aromatic N) is 2. The lowest BCUT2D eigenvalue weighted by molar-refractivity contribution is 0.304. The van der Waals surface area contributed by atoms with Gasteiger partial charge in [0.2, 0.25) is 0 Å². The van der Waals surface area contributed by atoms with Gasteiger partial charge in [0, 0.05) is 16.1 Å². The zero-order valence-corrected chi connectivity index (χ0v) is 17.2. The lowest BCUT2D eigenvalue weighted by Crippen LogP contribution is -1.97. The quantitative estimate of drug-likeness (QED) is 0.336. The summed E-state index contributed by atoms with van der Waals surface area (Å²) in [7, 11) is 0. The Hall–Kier alpha value is -1.91. The lowest BCUT2D eigenvalue weighted by Gasteiger charge is -2.06. The number of halogens is 1. The van der Waals surface area contributed by atoms with Gasteiger partial charge < -0.3 is 4.74 Å². The molecule has 0 amide bonds. The van der Waals surface area contributed by atoms with Gasteiger partial charge in [-0.25, -0.2) is 0 Å². The fourth-order valence-corrected chi connectivity index (χ4v) is 3.80. The Labute approximate surface area is 170 Å². The van der Waals surface area contributed by atoms with Gasteiger partial charge in [-0.1, -0.05) is 74.1 Å². The average molecular weight is 401 g/mol. The van der Waals surface area contributed by atoms with E-state index in [0.29, 0.717) is 0 Å². The summed E-state index contributed by atoms with van der Waals surface area (Å²) in [5.74, 6) is 0.912. The third-order valence-corrected chi connectivity index (χ3v) is 5.66. The highest BCUT2D eigenvalue weighted by Gasteiger charge is 2.09. The van der Waals surface area contributed by atoms with Crippen molar-refractivity contribution in [3.8, 4) is 26.9 Å². The summed E-state index contributed by atoms with van der Waals surface area (Å²) in [6.07, 6.45) is 7.64. The molecule has 5 heteroatoms. The van der Waals surface area contributed by atoms with Crippen molar-refractivity contribution in [1.29, 1.82) is 0 Å². The van der Waals surface area contributed by atoms with E-state index in [2.05, 4.69) is 17.1 Å². The van der Waals surface area contributed by atoms with Gasteiger partial charge in [-0.15, -0.1) is 10.2 Å². The molecule has 0 aliphatic heterocycles. The average Bonchev–Trinajstić information content (AvgIpc) is 3.18. The summed E-state index contributed by atoms with van der Waals surface area (Å²) >= 11 is 7.52. The van der Waals surface area contributed by atoms with Gasteiger partial charge in [0.05, 0.1) is 6.61 Å². The van der Waals surface area contributed by atoms with Gasteiger partial charge in [0.15, 0.2) is 0 Å². The SMILES string of the molecule is CCCCCCCCOc1ccc(-c2nnc(-c3ccc(Cl)cc3)s2)cc1. The van der Waals surface area contributed by atoms with Crippen molar-refractivity contribution < 1.29 is 4.74 Å². The fourth-order valence-electron chi connectivity index (χ4n) is 2.82. The first-order valence-corrected chi connectivity index (χ1v) is 10.8. The Kier molecular flexibility index (Phi) is 7.66. The molecule has 0 bridgehead atoms. The van der Waals surface area contributed by atoms with Crippen LogP contribution >= 0.6 is 22.9 Å². The molecule has 3 nitrogen and oxygen atoms in total. The Morgan fingerprint density at radius 3 is 1.96 bits per heavy atom. The second-order valence-corrected chi connectivity index (χ2v) is 7.97. The molecule has 0 aliphatic rings. The smallest absolute Gasteiger partial charge is 0.148 e. The molecule has 0 N–H and O–H groups in total. The van der Waals surface area contributed by atoms with Crippen molar-refractivity contribution in [3.63, 3.8) is 0 Å². The van der Waals surface area contributed by atoms with Gasteiger partial charge in [0.1, 0.15) is 15.8 Å². The summed E-state index contributed by atoms with van der Waals surface area (Å²) < 4.78 is 5.84. The number of aromatic nitrogens is 2. The molecule has 1 heterocycles. The molecule has 3 rings (SSSR count). The first-order chi connectivity index (χ1) is 13.3. The molecule has 3 aromatic rings. The maximum Gasteiger partial charge on any atom is 0.148 e. The van der Waals surface area contributed by atoms with Crippen LogP contribution in [0.25, 0.3) is 21.1 Å². The summed E-state index contributed by atoms with van der Waals surface area (Å²) in [5.41, 5.74) is 2.08. The molecule has 0 unspecified atom stereocenters. The molecule has 0 aliphatic carbocycles. The van der Waals surface area contributed by atoms with E-state index < -0.39 is 0 Å². The summed E-state index contributed by atoms with van der Waals surface area (Å²) in [4.78, 5) is 0. The zero-order chi connectivity index (χ0) is 18.9. The van der Waals surface area contributed by atoms with Crippen LogP contribution in [0.5, 0.6) is 5.75 Å². The van der Waals surface area contributed by atoms with E-state index in [1.807, 2.05) is 48.5 Å². The lowest BCUT2D eigenvalue weighted by atomic mass is 10.1. The molecule has 0 atom stereocenters. The predicted octanol–water partition coefficient (Wildman–Crippen LogP) is 7.26. The van der Waals surface area contributed by atoms with Crippen LogP contribution in [0.4, 0.5) is 0 Å². The number of rotatable bonds is 10. The number of benzene rings is 2. The van der Waals surface area contributed by atoms with Crippen LogP contribution in [0, 0.1) is 0 Å². The Morgan fingerprint density at radius 1 is 0.778 bits per heavy atom. The summed E-state index contributed by atoms with van der Waals surface area (Å²) in [5, 5.41) is 11.1. The first kappa shape index (κ1) is 19.8. The first-order valence-electron chi connectivity index (χ1n) is 9.59. The van der Waals surface area contributed by atoms with Crippen LogP contribution in [-0.4, -0.2) is 16.8 Å². The molecule has 142 valence electrons. The molecule has 0 radical (unpaired) electrons. The fraction of sp³-hybridized carbons (Fsp3) is 0.364. The third kappa shape index (κ3) is 6.05. The molecule has 0 fully saturated rings. The molecule has 0 saturated heterocycles. The second kappa shape index (κ2) is 10.4. The van der Waals surface area contributed by atoms with Crippen molar-refractivity contribution in [1.82, 2.24) is 10.2 Å². The van der Waals surface area contributed by atoms with Gasteiger partial charge in [-0.3, -0.25) is 0 Å². The van der Waals surface area contributed by atoms with Gasteiger partial charge in [-0.2, -0.15) is 0 Å². The highest BCUT2D eigenvalue weighted by atomic mass is 35.5. The Balaban J connectivity index is 1.51. The molecule has 0 saturated carbocycles. The minimum absolute atomic E-state index is 0.722. The highest BCUT2D eigenvalue weighted by Crippen LogP contribution is 2.31. The minimum atomic E-state index is 0.722. The summed E-state index contributed by atoms with van der Waals surface area (Å²) in [6.45, 7) is 3.03. The molecular formula is C22H25ClN2OS. The number of hydrogen-bond donors (Lipinski definition) is 0. The van der Waals surface area contributed by atoms with Crippen molar-refractivity contribution in [2.75, 3.05) is 6.61 Å². The second-order valence-electron chi connectivity index (χ2n) is 6.56. The standard InChI is InChI=1S/C22H25ClN2OS/c1-2-3-4-5-6-7-16-26-20-14-10-18(11-15-20)22-25-24-21(27-22)17-8-12-19(23)13-9-17/h8-15H,2-7,16H2,1H3. The van der Waals surface area contributed by atoms with E-state index in [1.165, 1.54) is 32.1 Å². The minimum Gasteiger partial charge on any atom is -0.494 e. The Morgan fingerprint density at radius 2 is 1.33 bits per heavy atom. The number of unbranched alkanes of at least 4 members (excludes halogenated alkanes) is 5. The third-order valence-electron chi connectivity index (χ3n) is 4.38. The normalized spacial score (nSPS) is 10.9. The molecule has 0 spiro atoms. The van der Waals surface area contributed by atoms with E-state index >= 15 is 0 Å². The molecular weight excluding hydrogens is 376 g/mol. The van der Waals surface area contributed by atoms with E-state index in [9.17, 15) is 0 Å². The van der Waals surface area contributed by atoms with Gasteiger partial charge in [-0.05, 0) is 42.8 Å². The van der Waals surface area contributed by atoms with E-state index in [1.54, 1.807) is 11.3 Å².